The molecule has 0 bridgehead atoms. The minimum Gasteiger partial charge on any atom is -0.326 e. The first-order valence-electron chi connectivity index (χ1n) is 6.75. The second-order valence-electron chi connectivity index (χ2n) is 5.21. The Bertz CT molecular complexity index is 719. The van der Waals surface area contributed by atoms with Gasteiger partial charge in [0.25, 0.3) is 0 Å². The molecule has 0 atom stereocenters. The molecule has 0 saturated heterocycles. The summed E-state index contributed by atoms with van der Waals surface area (Å²) in [4.78, 5) is 0. The van der Waals surface area contributed by atoms with Crippen molar-refractivity contribution in [3.05, 3.63) is 64.7 Å². The molecule has 0 heterocycles. The Hall–Kier alpha value is -1.85. The van der Waals surface area contributed by atoms with Gasteiger partial charge in [-0.15, -0.1) is 0 Å². The number of nitrogens with one attached hydrogen (secondary N) is 1. The van der Waals surface area contributed by atoms with E-state index in [4.69, 9.17) is 5.73 Å². The normalized spacial score (nSPS) is 11.4. The summed E-state index contributed by atoms with van der Waals surface area (Å²) < 4.78 is 27.2. The zero-order valence-corrected chi connectivity index (χ0v) is 13.1. The molecule has 0 spiro atoms. The fraction of sp³-hybridized carbons (Fsp3) is 0.250. The second kappa shape index (κ2) is 6.28. The molecule has 0 aliphatic rings. The third kappa shape index (κ3) is 4.31. The predicted molar refractivity (Wildman–Crippen MR) is 86.5 cm³/mol. The van der Waals surface area contributed by atoms with E-state index in [1.807, 2.05) is 50.2 Å². The molecule has 0 aliphatic carbocycles. The van der Waals surface area contributed by atoms with Crippen LogP contribution in [-0.2, 0) is 22.3 Å². The molecule has 0 radical (unpaired) electrons. The molecule has 21 heavy (non-hydrogen) atoms. The minimum atomic E-state index is -3.46. The van der Waals surface area contributed by atoms with Crippen molar-refractivity contribution >= 4 is 15.7 Å². The van der Waals surface area contributed by atoms with E-state index >= 15 is 0 Å². The van der Waals surface area contributed by atoms with Crippen LogP contribution in [0.2, 0.25) is 0 Å². The van der Waals surface area contributed by atoms with Gasteiger partial charge in [0.2, 0.25) is 10.0 Å². The molecule has 0 unspecified atom stereocenters. The van der Waals surface area contributed by atoms with Crippen molar-refractivity contribution in [1.29, 1.82) is 0 Å². The van der Waals surface area contributed by atoms with E-state index in [9.17, 15) is 8.42 Å². The lowest BCUT2D eigenvalue weighted by molar-refractivity contribution is 0.600. The van der Waals surface area contributed by atoms with Gasteiger partial charge in [-0.3, -0.25) is 4.72 Å². The van der Waals surface area contributed by atoms with Crippen molar-refractivity contribution in [3.63, 3.8) is 0 Å². The number of anilines is 1. The Morgan fingerprint density at radius 3 is 2.14 bits per heavy atom. The first-order chi connectivity index (χ1) is 9.89. The van der Waals surface area contributed by atoms with Gasteiger partial charge in [-0.05, 0) is 48.2 Å². The number of hydrogen-bond donors (Lipinski definition) is 2. The molecule has 0 aliphatic heterocycles. The van der Waals surface area contributed by atoms with Crippen LogP contribution < -0.4 is 10.5 Å². The number of sulfonamides is 1. The average Bonchev–Trinajstić information content (AvgIpc) is 2.36. The highest BCUT2D eigenvalue weighted by molar-refractivity contribution is 7.91. The van der Waals surface area contributed by atoms with E-state index in [1.165, 1.54) is 0 Å². The zero-order valence-electron chi connectivity index (χ0n) is 12.3. The molecule has 2 aromatic carbocycles. The van der Waals surface area contributed by atoms with Crippen LogP contribution >= 0.6 is 0 Å². The summed E-state index contributed by atoms with van der Waals surface area (Å²) >= 11 is 0. The van der Waals surface area contributed by atoms with Crippen LogP contribution in [0.5, 0.6) is 0 Å². The predicted octanol–water partition coefficient (Wildman–Crippen LogP) is 2.70. The van der Waals surface area contributed by atoms with E-state index in [0.717, 1.165) is 22.3 Å². The molecule has 0 fully saturated rings. The van der Waals surface area contributed by atoms with Gasteiger partial charge in [0.15, 0.2) is 0 Å². The van der Waals surface area contributed by atoms with Crippen LogP contribution in [0.4, 0.5) is 5.69 Å². The third-order valence-electron chi connectivity index (χ3n) is 3.18. The van der Waals surface area contributed by atoms with Crippen LogP contribution in [-0.4, -0.2) is 8.42 Å². The Labute approximate surface area is 126 Å². The molecular formula is C16H20N2O2S. The van der Waals surface area contributed by atoms with Gasteiger partial charge in [0.1, 0.15) is 0 Å². The van der Waals surface area contributed by atoms with Gasteiger partial charge in [0.05, 0.1) is 5.75 Å². The van der Waals surface area contributed by atoms with E-state index in [-0.39, 0.29) is 5.75 Å². The van der Waals surface area contributed by atoms with Gasteiger partial charge in [-0.2, -0.15) is 0 Å². The number of aryl methyl sites for hydroxylation is 2. The first kappa shape index (κ1) is 15.5. The largest absolute Gasteiger partial charge is 0.326 e. The summed E-state index contributed by atoms with van der Waals surface area (Å²) in [5.74, 6) is -0.0760. The summed E-state index contributed by atoms with van der Waals surface area (Å²) in [6.07, 6.45) is 0. The lowest BCUT2D eigenvalue weighted by Gasteiger charge is -2.12. The molecule has 3 N–H and O–H groups in total. The molecule has 4 nitrogen and oxygen atoms in total. The standard InChI is InChI=1S/C16H20N2O2S/c1-12-7-13(2)9-16(8-12)18-21(19,20)11-15-6-4-3-5-14(15)10-17/h3-9,18H,10-11,17H2,1-2H3. The van der Waals surface area contributed by atoms with Gasteiger partial charge in [-0.25, -0.2) is 8.42 Å². The maximum Gasteiger partial charge on any atom is 0.236 e. The Morgan fingerprint density at radius 1 is 1.00 bits per heavy atom. The highest BCUT2D eigenvalue weighted by Crippen LogP contribution is 2.18. The van der Waals surface area contributed by atoms with Crippen molar-refractivity contribution < 1.29 is 8.42 Å². The number of rotatable bonds is 5. The van der Waals surface area contributed by atoms with Crippen molar-refractivity contribution in [3.8, 4) is 0 Å². The van der Waals surface area contributed by atoms with Crippen LogP contribution in [0.25, 0.3) is 0 Å². The van der Waals surface area contributed by atoms with E-state index in [1.54, 1.807) is 6.07 Å². The Balaban J connectivity index is 2.22. The summed E-state index contributed by atoms with van der Waals surface area (Å²) in [7, 11) is -3.46. The molecule has 0 amide bonds. The Morgan fingerprint density at radius 2 is 1.57 bits per heavy atom. The first-order valence-corrected chi connectivity index (χ1v) is 8.40. The maximum absolute atomic E-state index is 12.3. The van der Waals surface area contributed by atoms with Crippen molar-refractivity contribution in [2.45, 2.75) is 26.1 Å². The summed E-state index contributed by atoms with van der Waals surface area (Å²) in [6.45, 7) is 4.21. The minimum absolute atomic E-state index is 0.0760. The zero-order chi connectivity index (χ0) is 15.5. The number of benzene rings is 2. The molecule has 0 saturated carbocycles. The monoisotopic (exact) mass is 304 g/mol. The van der Waals surface area contributed by atoms with Gasteiger partial charge >= 0.3 is 0 Å². The van der Waals surface area contributed by atoms with E-state index in [2.05, 4.69) is 4.72 Å². The highest BCUT2D eigenvalue weighted by Gasteiger charge is 2.14. The molecule has 112 valence electrons. The van der Waals surface area contributed by atoms with Crippen LogP contribution in [0.15, 0.2) is 42.5 Å². The van der Waals surface area contributed by atoms with Gasteiger partial charge < -0.3 is 5.73 Å². The highest BCUT2D eigenvalue weighted by atomic mass is 32.2. The molecular weight excluding hydrogens is 284 g/mol. The third-order valence-corrected chi connectivity index (χ3v) is 4.42. The van der Waals surface area contributed by atoms with E-state index in [0.29, 0.717) is 12.2 Å². The second-order valence-corrected chi connectivity index (χ2v) is 6.93. The Kier molecular flexibility index (Phi) is 4.65. The average molecular weight is 304 g/mol. The fourth-order valence-electron chi connectivity index (χ4n) is 2.35. The lowest BCUT2D eigenvalue weighted by Crippen LogP contribution is -2.16. The van der Waals surface area contributed by atoms with Crippen molar-refractivity contribution in [2.75, 3.05) is 4.72 Å². The molecule has 2 aromatic rings. The van der Waals surface area contributed by atoms with E-state index < -0.39 is 10.0 Å². The van der Waals surface area contributed by atoms with Crippen molar-refractivity contribution in [2.24, 2.45) is 5.73 Å². The summed E-state index contributed by atoms with van der Waals surface area (Å²) in [5.41, 5.74) is 9.87. The fourth-order valence-corrected chi connectivity index (χ4v) is 3.59. The topological polar surface area (TPSA) is 72.2 Å². The van der Waals surface area contributed by atoms with Gasteiger partial charge in [0, 0.05) is 12.2 Å². The quantitative estimate of drug-likeness (QED) is 0.892. The summed E-state index contributed by atoms with van der Waals surface area (Å²) in [5, 5.41) is 0. The van der Waals surface area contributed by atoms with Crippen LogP contribution in [0.1, 0.15) is 22.3 Å². The SMILES string of the molecule is Cc1cc(C)cc(NS(=O)(=O)Cc2ccccc2CN)c1. The molecule has 0 aromatic heterocycles. The van der Waals surface area contributed by atoms with Crippen LogP contribution in [0.3, 0.4) is 0 Å². The summed E-state index contributed by atoms with van der Waals surface area (Å²) in [6, 6.07) is 13.0. The van der Waals surface area contributed by atoms with Gasteiger partial charge in [-0.1, -0.05) is 30.3 Å². The lowest BCUT2D eigenvalue weighted by atomic mass is 10.1. The number of nitrogens with two attached hydrogens (primary N) is 1. The molecule has 2 rings (SSSR count). The maximum atomic E-state index is 12.3. The number of hydrogen-bond acceptors (Lipinski definition) is 3. The molecule has 5 heteroatoms. The van der Waals surface area contributed by atoms with Crippen molar-refractivity contribution in [1.82, 2.24) is 0 Å². The smallest absolute Gasteiger partial charge is 0.236 e. The van der Waals surface area contributed by atoms with Crippen LogP contribution in [0, 0.1) is 13.8 Å².